The van der Waals surface area contributed by atoms with Gasteiger partial charge in [-0.2, -0.15) is 0 Å². The molecule has 1 heterocycles. The van der Waals surface area contributed by atoms with E-state index in [9.17, 15) is 0 Å². The highest BCUT2D eigenvalue weighted by Crippen LogP contribution is 2.32. The number of hydrogen-bond donors (Lipinski definition) is 0. The maximum Gasteiger partial charge on any atom is 0.160 e. The fourth-order valence-electron chi connectivity index (χ4n) is 2.87. The molecular formula is C14H26O2. The monoisotopic (exact) mass is 226 g/mol. The maximum absolute atomic E-state index is 5.93. The quantitative estimate of drug-likeness (QED) is 0.732. The summed E-state index contributed by atoms with van der Waals surface area (Å²) in [6.45, 7) is 6.38. The lowest BCUT2D eigenvalue weighted by Gasteiger charge is -2.37. The second-order valence-electron chi connectivity index (χ2n) is 5.58. The van der Waals surface area contributed by atoms with Gasteiger partial charge in [0.25, 0.3) is 0 Å². The maximum atomic E-state index is 5.93. The van der Waals surface area contributed by atoms with Gasteiger partial charge in [-0.15, -0.1) is 0 Å². The Morgan fingerprint density at radius 3 is 2.25 bits per heavy atom. The molecule has 0 N–H and O–H groups in total. The van der Waals surface area contributed by atoms with Gasteiger partial charge in [0.2, 0.25) is 0 Å². The summed E-state index contributed by atoms with van der Waals surface area (Å²) in [5, 5.41) is 0. The van der Waals surface area contributed by atoms with Gasteiger partial charge >= 0.3 is 0 Å². The summed E-state index contributed by atoms with van der Waals surface area (Å²) in [6.07, 6.45) is 8.08. The second kappa shape index (κ2) is 6.02. The largest absolute Gasteiger partial charge is 0.352 e. The van der Waals surface area contributed by atoms with Crippen LogP contribution >= 0.6 is 0 Å². The van der Waals surface area contributed by atoms with Gasteiger partial charge in [-0.25, -0.2) is 0 Å². The molecule has 1 aliphatic heterocycles. The Balaban J connectivity index is 1.75. The molecule has 1 atom stereocenters. The topological polar surface area (TPSA) is 18.5 Å². The summed E-state index contributed by atoms with van der Waals surface area (Å²) in [4.78, 5) is 0. The van der Waals surface area contributed by atoms with Crippen LogP contribution in [-0.4, -0.2) is 19.5 Å². The number of rotatable bonds is 3. The smallest absolute Gasteiger partial charge is 0.160 e. The van der Waals surface area contributed by atoms with Crippen LogP contribution in [0.15, 0.2) is 0 Å². The Morgan fingerprint density at radius 1 is 1.06 bits per heavy atom. The van der Waals surface area contributed by atoms with E-state index in [0.717, 1.165) is 19.1 Å². The zero-order valence-corrected chi connectivity index (χ0v) is 10.8. The van der Waals surface area contributed by atoms with Gasteiger partial charge in [-0.3, -0.25) is 0 Å². The third-order valence-electron chi connectivity index (χ3n) is 4.43. The molecule has 1 unspecified atom stereocenters. The molecule has 2 aliphatic rings. The van der Waals surface area contributed by atoms with Crippen LogP contribution in [0.3, 0.4) is 0 Å². The second-order valence-corrected chi connectivity index (χ2v) is 5.58. The Labute approximate surface area is 99.7 Å². The average Bonchev–Trinajstić information content (AvgIpc) is 2.39. The highest BCUT2D eigenvalue weighted by molar-refractivity contribution is 4.74. The molecule has 0 radical (unpaired) electrons. The fraction of sp³-hybridized carbons (Fsp3) is 1.00. The van der Waals surface area contributed by atoms with Crippen LogP contribution in [0.5, 0.6) is 0 Å². The van der Waals surface area contributed by atoms with Crippen LogP contribution in [-0.2, 0) is 9.47 Å². The lowest BCUT2D eigenvalue weighted by atomic mass is 9.87. The van der Waals surface area contributed by atoms with Crippen molar-refractivity contribution >= 4 is 0 Å². The first-order valence-electron chi connectivity index (χ1n) is 7.04. The van der Waals surface area contributed by atoms with Crippen molar-refractivity contribution in [3.05, 3.63) is 0 Å². The Hall–Kier alpha value is -0.0800. The molecule has 0 aromatic carbocycles. The summed E-state index contributed by atoms with van der Waals surface area (Å²) < 4.78 is 11.9. The van der Waals surface area contributed by atoms with Crippen LogP contribution in [0.25, 0.3) is 0 Å². The van der Waals surface area contributed by atoms with E-state index in [-0.39, 0.29) is 6.29 Å². The first-order chi connectivity index (χ1) is 7.81. The third-order valence-corrected chi connectivity index (χ3v) is 4.43. The van der Waals surface area contributed by atoms with E-state index in [1.165, 1.54) is 38.5 Å². The lowest BCUT2D eigenvalue weighted by Crippen LogP contribution is -2.39. The molecule has 16 heavy (non-hydrogen) atoms. The predicted molar refractivity (Wildman–Crippen MR) is 65.2 cm³/mol. The van der Waals surface area contributed by atoms with E-state index < -0.39 is 0 Å². The first kappa shape index (κ1) is 12.4. The summed E-state index contributed by atoms with van der Waals surface area (Å²) in [5.74, 6) is 2.02. The molecule has 0 spiro atoms. The van der Waals surface area contributed by atoms with Gasteiger partial charge in [0, 0.05) is 11.8 Å². The molecule has 0 amide bonds. The highest BCUT2D eigenvalue weighted by atomic mass is 16.7. The molecule has 0 aromatic heterocycles. The Morgan fingerprint density at radius 2 is 1.69 bits per heavy atom. The summed E-state index contributed by atoms with van der Waals surface area (Å²) >= 11 is 0. The predicted octanol–water partition coefficient (Wildman–Crippen LogP) is 3.60. The number of ether oxygens (including phenoxy) is 2. The summed E-state index contributed by atoms with van der Waals surface area (Å²) in [5.41, 5.74) is 0. The molecule has 2 nitrogen and oxygen atoms in total. The highest BCUT2D eigenvalue weighted by Gasteiger charge is 2.31. The van der Waals surface area contributed by atoms with Crippen LogP contribution in [0.2, 0.25) is 0 Å². The summed E-state index contributed by atoms with van der Waals surface area (Å²) in [7, 11) is 0. The van der Waals surface area contributed by atoms with Gasteiger partial charge in [0.1, 0.15) is 0 Å². The van der Waals surface area contributed by atoms with Gasteiger partial charge < -0.3 is 9.47 Å². The standard InChI is InChI=1S/C14H26O2/c1-3-11(2)13-9-15-14(16-10-13)12-7-5-4-6-8-12/h11-14H,3-10H2,1-2H3. The summed E-state index contributed by atoms with van der Waals surface area (Å²) in [6, 6.07) is 0. The van der Waals surface area contributed by atoms with Crippen LogP contribution < -0.4 is 0 Å². The van der Waals surface area contributed by atoms with E-state index in [0.29, 0.717) is 11.8 Å². The van der Waals surface area contributed by atoms with E-state index in [2.05, 4.69) is 13.8 Å². The van der Waals surface area contributed by atoms with Crippen molar-refractivity contribution in [1.82, 2.24) is 0 Å². The van der Waals surface area contributed by atoms with Crippen LogP contribution in [0, 0.1) is 17.8 Å². The minimum absolute atomic E-state index is 0.112. The van der Waals surface area contributed by atoms with Crippen molar-refractivity contribution in [2.24, 2.45) is 17.8 Å². The van der Waals surface area contributed by atoms with Crippen molar-refractivity contribution in [2.45, 2.75) is 58.7 Å². The van der Waals surface area contributed by atoms with E-state index in [1.54, 1.807) is 0 Å². The first-order valence-corrected chi connectivity index (χ1v) is 7.04. The van der Waals surface area contributed by atoms with Crippen molar-refractivity contribution < 1.29 is 9.47 Å². The van der Waals surface area contributed by atoms with Crippen LogP contribution in [0.1, 0.15) is 52.4 Å². The minimum atomic E-state index is 0.112. The van der Waals surface area contributed by atoms with Gasteiger partial charge in [0.05, 0.1) is 13.2 Å². The average molecular weight is 226 g/mol. The zero-order valence-electron chi connectivity index (χ0n) is 10.8. The molecule has 1 saturated heterocycles. The molecule has 0 aromatic rings. The normalized spacial score (nSPS) is 34.9. The Bertz CT molecular complexity index is 191. The van der Waals surface area contributed by atoms with Gasteiger partial charge in [-0.05, 0) is 18.8 Å². The van der Waals surface area contributed by atoms with Crippen LogP contribution in [0.4, 0.5) is 0 Å². The SMILES string of the molecule is CCC(C)C1COC(C2CCCCC2)OC1. The Kier molecular flexibility index (Phi) is 4.66. The molecule has 2 fully saturated rings. The van der Waals surface area contributed by atoms with Crippen molar-refractivity contribution in [3.63, 3.8) is 0 Å². The lowest BCUT2D eigenvalue weighted by molar-refractivity contribution is -0.234. The van der Waals surface area contributed by atoms with Crippen molar-refractivity contribution in [3.8, 4) is 0 Å². The van der Waals surface area contributed by atoms with Crippen molar-refractivity contribution in [2.75, 3.05) is 13.2 Å². The van der Waals surface area contributed by atoms with E-state index in [4.69, 9.17) is 9.47 Å². The van der Waals surface area contributed by atoms with E-state index in [1.807, 2.05) is 0 Å². The molecule has 1 aliphatic carbocycles. The minimum Gasteiger partial charge on any atom is -0.352 e. The molecule has 2 rings (SSSR count). The fourth-order valence-corrected chi connectivity index (χ4v) is 2.87. The van der Waals surface area contributed by atoms with E-state index >= 15 is 0 Å². The molecule has 0 bridgehead atoms. The molecule has 1 saturated carbocycles. The third kappa shape index (κ3) is 2.98. The van der Waals surface area contributed by atoms with Gasteiger partial charge in [-0.1, -0.05) is 39.5 Å². The van der Waals surface area contributed by atoms with Crippen molar-refractivity contribution in [1.29, 1.82) is 0 Å². The molecule has 94 valence electrons. The molecular weight excluding hydrogens is 200 g/mol. The number of hydrogen-bond acceptors (Lipinski definition) is 2. The van der Waals surface area contributed by atoms with Gasteiger partial charge in [0.15, 0.2) is 6.29 Å². The zero-order chi connectivity index (χ0) is 11.4. The molecule has 2 heteroatoms.